The summed E-state index contributed by atoms with van der Waals surface area (Å²) in [6, 6.07) is 5.03. The van der Waals surface area contributed by atoms with Crippen LogP contribution in [0.5, 0.6) is 0 Å². The maximum Gasteiger partial charge on any atom is 0.416 e. The molecule has 0 unspecified atom stereocenters. The summed E-state index contributed by atoms with van der Waals surface area (Å²) in [6.07, 6.45) is 2.66. The molecule has 4 heterocycles. The topological polar surface area (TPSA) is 145 Å². The first kappa shape index (κ1) is 35.9. The number of alkyl carbamates (subject to hydrolysis) is 1. The predicted octanol–water partition coefficient (Wildman–Crippen LogP) is 5.01. The number of aliphatic imine (C=N–C) groups is 1. The number of ether oxygens (including phenoxy) is 4. The average molecular weight is 731 g/mol. The summed E-state index contributed by atoms with van der Waals surface area (Å²) in [4.78, 5) is 54.7. The van der Waals surface area contributed by atoms with Crippen LogP contribution >= 0.6 is 11.8 Å². The number of nitrogens with zero attached hydrogens (tertiary/aromatic N) is 5. The van der Waals surface area contributed by atoms with Gasteiger partial charge in [-0.2, -0.15) is 0 Å². The zero-order chi connectivity index (χ0) is 35.7. The number of thioether (sulfide) groups is 1. The molecular weight excluding hydrogens is 691 g/mol. The normalized spacial score (nSPS) is 25.1. The number of fused-ring (bicyclic) bond motifs is 1. The fraction of sp³-hybridized carbons (Fsp3) is 0.515. The molecule has 0 bridgehead atoms. The zero-order valence-electron chi connectivity index (χ0n) is 28.4. The number of halogens is 2. The molecule has 1 aliphatic carbocycles. The lowest BCUT2D eigenvalue weighted by atomic mass is 9.84. The molecule has 6 rings (SSSR count). The highest BCUT2D eigenvalue weighted by Crippen LogP contribution is 2.67. The first-order valence-corrected chi connectivity index (χ1v) is 20.9. The van der Waals surface area contributed by atoms with Gasteiger partial charge in [0.15, 0.2) is 11.6 Å². The van der Waals surface area contributed by atoms with Gasteiger partial charge in [0.25, 0.3) is 5.23 Å². The number of anilines is 1. The highest BCUT2D eigenvalue weighted by Gasteiger charge is 2.72. The standard InChI is InChI=1S/C33H40F2N6O7SSi/c1-32(22-15-21(5-6-23(22)34)16-24(35)25-18-37-27(19-36-25)41-9-12-47-31(41)44)26-17-33(26,28(42)40-7-10-45-11-8-40)49-30(39-32)48-29(43)38-20-46-13-14-50(2,3)4/h5-6,15-16,18-19,26H,7-14,17,20H2,1-4H3,(H,38,43)/b24-16-/t26-,32+,33-/m0/s1. The molecule has 0 radical (unpaired) electrons. The fourth-order valence-corrected chi connectivity index (χ4v) is 8.42. The van der Waals surface area contributed by atoms with Gasteiger partial charge >= 0.3 is 12.2 Å². The molecule has 1 aromatic carbocycles. The van der Waals surface area contributed by atoms with Crippen molar-refractivity contribution < 1.29 is 42.1 Å². The van der Waals surface area contributed by atoms with Gasteiger partial charge in [-0.15, -0.1) is 0 Å². The van der Waals surface area contributed by atoms with E-state index in [1.165, 1.54) is 41.6 Å². The molecule has 2 aromatic rings. The Labute approximate surface area is 293 Å². The van der Waals surface area contributed by atoms with Crippen LogP contribution in [0.2, 0.25) is 25.7 Å². The van der Waals surface area contributed by atoms with E-state index in [9.17, 15) is 14.4 Å². The molecule has 17 heteroatoms. The van der Waals surface area contributed by atoms with Gasteiger partial charge in [-0.1, -0.05) is 25.7 Å². The van der Waals surface area contributed by atoms with Crippen LogP contribution in [0.3, 0.4) is 0 Å². The summed E-state index contributed by atoms with van der Waals surface area (Å²) in [5.41, 5.74) is -1.00. The summed E-state index contributed by atoms with van der Waals surface area (Å²) < 4.78 is 51.7. The van der Waals surface area contributed by atoms with Crippen LogP contribution in [-0.2, 0) is 29.3 Å². The molecule has 3 fully saturated rings. The predicted molar refractivity (Wildman–Crippen MR) is 185 cm³/mol. The van der Waals surface area contributed by atoms with Crippen LogP contribution in [-0.4, -0.2) is 104 Å². The van der Waals surface area contributed by atoms with Crippen molar-refractivity contribution in [3.63, 3.8) is 0 Å². The van der Waals surface area contributed by atoms with E-state index in [1.54, 1.807) is 11.8 Å². The molecule has 1 N–H and O–H groups in total. The quantitative estimate of drug-likeness (QED) is 0.201. The Morgan fingerprint density at radius 3 is 2.62 bits per heavy atom. The second kappa shape index (κ2) is 14.4. The van der Waals surface area contributed by atoms with Gasteiger partial charge in [0.05, 0.1) is 37.7 Å². The highest BCUT2D eigenvalue weighted by atomic mass is 32.2. The van der Waals surface area contributed by atoms with Crippen molar-refractivity contribution in [2.75, 3.05) is 57.7 Å². The maximum absolute atomic E-state index is 15.8. The van der Waals surface area contributed by atoms with Crippen molar-refractivity contribution in [2.24, 2.45) is 10.9 Å². The zero-order valence-corrected chi connectivity index (χ0v) is 30.2. The van der Waals surface area contributed by atoms with Crippen molar-refractivity contribution in [2.45, 2.75) is 49.3 Å². The van der Waals surface area contributed by atoms with Gasteiger partial charge in [-0.3, -0.25) is 15.0 Å². The number of amides is 3. The molecule has 3 amide bonds. The first-order chi connectivity index (χ1) is 23.8. The third kappa shape index (κ3) is 7.69. The number of carbonyl (C=O) groups is 3. The number of morpholine rings is 1. The molecule has 0 spiro atoms. The molecule has 3 atom stereocenters. The Morgan fingerprint density at radius 1 is 1.16 bits per heavy atom. The van der Waals surface area contributed by atoms with Gasteiger partial charge in [0.1, 0.15) is 29.6 Å². The number of carbonyl (C=O) groups excluding carboxylic acids is 3. The van der Waals surface area contributed by atoms with Crippen LogP contribution in [0.15, 0.2) is 35.6 Å². The third-order valence-electron chi connectivity index (χ3n) is 9.09. The fourth-order valence-electron chi connectivity index (χ4n) is 6.16. The second-order valence-electron chi connectivity index (χ2n) is 13.9. The second-order valence-corrected chi connectivity index (χ2v) is 20.8. The van der Waals surface area contributed by atoms with Crippen LogP contribution in [0.1, 0.15) is 30.2 Å². The Bertz CT molecular complexity index is 1700. The molecule has 268 valence electrons. The number of nitrogens with one attached hydrogen (secondary N) is 1. The lowest BCUT2D eigenvalue weighted by Gasteiger charge is -2.37. The van der Waals surface area contributed by atoms with E-state index in [0.29, 0.717) is 51.4 Å². The van der Waals surface area contributed by atoms with Crippen molar-refractivity contribution in [1.82, 2.24) is 20.2 Å². The third-order valence-corrected chi connectivity index (χ3v) is 12.1. The first-order valence-electron chi connectivity index (χ1n) is 16.4. The Kier molecular flexibility index (Phi) is 10.3. The summed E-state index contributed by atoms with van der Waals surface area (Å²) in [6.45, 7) is 11.0. The Balaban J connectivity index is 1.25. The van der Waals surface area contributed by atoms with Gasteiger partial charge in [0.2, 0.25) is 5.91 Å². The molecular formula is C33H40F2N6O7SSi. The van der Waals surface area contributed by atoms with E-state index in [0.717, 1.165) is 17.8 Å². The number of hydrogen-bond donors (Lipinski definition) is 1. The van der Waals surface area contributed by atoms with Crippen molar-refractivity contribution in [3.05, 3.63) is 53.2 Å². The smallest absolute Gasteiger partial charge is 0.416 e. The molecule has 13 nitrogen and oxygen atoms in total. The van der Waals surface area contributed by atoms with E-state index < -0.39 is 48.1 Å². The van der Waals surface area contributed by atoms with E-state index in [2.05, 4.69) is 34.9 Å². The highest BCUT2D eigenvalue weighted by molar-refractivity contribution is 8.15. The lowest BCUT2D eigenvalue weighted by molar-refractivity contribution is -0.136. The van der Waals surface area contributed by atoms with Crippen molar-refractivity contribution in [3.8, 4) is 0 Å². The van der Waals surface area contributed by atoms with E-state index in [1.807, 2.05) is 0 Å². The minimum Gasteiger partial charge on any atom is -0.447 e. The molecule has 2 saturated heterocycles. The van der Waals surface area contributed by atoms with Gasteiger partial charge in [0, 0.05) is 39.3 Å². The van der Waals surface area contributed by atoms with Gasteiger partial charge < -0.3 is 23.8 Å². The number of cyclic esters (lactones) is 1. The van der Waals surface area contributed by atoms with Crippen LogP contribution in [0.25, 0.3) is 11.9 Å². The molecule has 50 heavy (non-hydrogen) atoms. The van der Waals surface area contributed by atoms with Crippen LogP contribution in [0, 0.1) is 11.7 Å². The number of rotatable bonds is 10. The Morgan fingerprint density at radius 2 is 1.94 bits per heavy atom. The number of hydrogen-bond acceptors (Lipinski definition) is 11. The summed E-state index contributed by atoms with van der Waals surface area (Å²) in [5, 5.41) is 2.48. The SMILES string of the molecule is C[C@]1(c2cc(/C=C(\F)c3cnc(N4CCOC4=O)cn3)ccc2F)N=C(OC(=O)NCOCC[Si](C)(C)C)S[C@@]2(C(=O)N3CCOCC3)C[C@H]21. The molecule has 1 aromatic heterocycles. The molecule has 3 aliphatic heterocycles. The van der Waals surface area contributed by atoms with Crippen LogP contribution in [0.4, 0.5) is 24.2 Å². The summed E-state index contributed by atoms with van der Waals surface area (Å²) in [7, 11) is -1.31. The number of benzene rings is 1. The van der Waals surface area contributed by atoms with E-state index >= 15 is 8.78 Å². The average Bonchev–Trinajstić information content (AvgIpc) is 3.69. The summed E-state index contributed by atoms with van der Waals surface area (Å²) >= 11 is 1.07. The molecule has 4 aliphatic rings. The minimum atomic E-state index is -1.34. The van der Waals surface area contributed by atoms with E-state index in [4.69, 9.17) is 23.9 Å². The lowest BCUT2D eigenvalue weighted by Crippen LogP contribution is -2.49. The molecule has 1 saturated carbocycles. The van der Waals surface area contributed by atoms with Crippen LogP contribution < -0.4 is 10.2 Å². The summed E-state index contributed by atoms with van der Waals surface area (Å²) in [5.74, 6) is -1.71. The Hall–Kier alpha value is -3.93. The minimum absolute atomic E-state index is 0.0640. The van der Waals surface area contributed by atoms with Crippen molar-refractivity contribution in [1.29, 1.82) is 0 Å². The van der Waals surface area contributed by atoms with Gasteiger partial charge in [-0.05, 0) is 54.9 Å². The monoisotopic (exact) mass is 730 g/mol. The van der Waals surface area contributed by atoms with E-state index in [-0.39, 0.29) is 41.5 Å². The number of aromatic nitrogens is 2. The largest absolute Gasteiger partial charge is 0.447 e. The van der Waals surface area contributed by atoms with Crippen molar-refractivity contribution >= 4 is 60.9 Å². The van der Waals surface area contributed by atoms with Gasteiger partial charge in [-0.25, -0.2) is 33.3 Å². The maximum atomic E-state index is 15.8.